The van der Waals surface area contributed by atoms with E-state index in [0.717, 1.165) is 11.6 Å². The van der Waals surface area contributed by atoms with Gasteiger partial charge >= 0.3 is 0 Å². The van der Waals surface area contributed by atoms with Crippen molar-refractivity contribution in [1.29, 1.82) is 0 Å². The smallest absolute Gasteiger partial charge is 0.131 e. The van der Waals surface area contributed by atoms with Crippen LogP contribution in [-0.4, -0.2) is 17.2 Å². The number of hydrogen-bond acceptors (Lipinski definition) is 4. The van der Waals surface area contributed by atoms with Crippen molar-refractivity contribution in [3.05, 3.63) is 10.0 Å². The predicted molar refractivity (Wildman–Crippen MR) is 65.2 cm³/mol. The molecule has 3 nitrogen and oxygen atoms in total. The topological polar surface area (TPSA) is 37.8 Å². The molecule has 0 radical (unpaired) electrons. The average molecular weight is 227 g/mol. The summed E-state index contributed by atoms with van der Waals surface area (Å²) in [6.45, 7) is 5.30. The average Bonchev–Trinajstić information content (AvgIpc) is 2.67. The van der Waals surface area contributed by atoms with Gasteiger partial charge in [0, 0.05) is 12.5 Å². The lowest BCUT2D eigenvalue weighted by atomic mass is 9.99. The monoisotopic (exact) mass is 227 g/mol. The standard InChI is InChI=1S/C11H21N3S/c1-4-6-9(7-5-2)11-14-13-10(15-11)8-12-3/h9,12H,4-8H2,1-3H3. The van der Waals surface area contributed by atoms with Crippen LogP contribution in [0.25, 0.3) is 0 Å². The molecule has 0 spiro atoms. The molecule has 0 amide bonds. The van der Waals surface area contributed by atoms with Crippen molar-refractivity contribution < 1.29 is 0 Å². The van der Waals surface area contributed by atoms with Crippen molar-refractivity contribution in [2.45, 2.75) is 52.0 Å². The fraction of sp³-hybridized carbons (Fsp3) is 0.818. The molecule has 0 aromatic carbocycles. The maximum atomic E-state index is 4.30. The zero-order chi connectivity index (χ0) is 11.1. The highest BCUT2D eigenvalue weighted by molar-refractivity contribution is 7.11. The van der Waals surface area contributed by atoms with E-state index in [1.807, 2.05) is 7.05 Å². The van der Waals surface area contributed by atoms with Gasteiger partial charge in [0.2, 0.25) is 0 Å². The summed E-state index contributed by atoms with van der Waals surface area (Å²) in [5.41, 5.74) is 0. The Balaban J connectivity index is 2.63. The molecule has 0 saturated heterocycles. The lowest BCUT2D eigenvalue weighted by Gasteiger charge is -2.10. The predicted octanol–water partition coefficient (Wildman–Crippen LogP) is 2.94. The summed E-state index contributed by atoms with van der Waals surface area (Å²) in [5.74, 6) is 0.628. The molecule has 1 rings (SSSR count). The van der Waals surface area contributed by atoms with E-state index >= 15 is 0 Å². The van der Waals surface area contributed by atoms with Crippen LogP contribution in [0.15, 0.2) is 0 Å². The number of nitrogens with zero attached hydrogens (tertiary/aromatic N) is 2. The van der Waals surface area contributed by atoms with Gasteiger partial charge in [-0.25, -0.2) is 0 Å². The SMILES string of the molecule is CCCC(CCC)c1nnc(CNC)s1. The van der Waals surface area contributed by atoms with Crippen molar-refractivity contribution >= 4 is 11.3 Å². The van der Waals surface area contributed by atoms with E-state index in [1.54, 1.807) is 11.3 Å². The second kappa shape index (κ2) is 6.90. The third-order valence-corrected chi connectivity index (χ3v) is 3.52. The molecule has 0 saturated carbocycles. The van der Waals surface area contributed by atoms with Crippen LogP contribution in [0, 0.1) is 0 Å². The lowest BCUT2D eigenvalue weighted by molar-refractivity contribution is 0.554. The molecule has 1 aromatic heterocycles. The van der Waals surface area contributed by atoms with E-state index in [4.69, 9.17) is 0 Å². The van der Waals surface area contributed by atoms with Gasteiger partial charge in [-0.15, -0.1) is 10.2 Å². The van der Waals surface area contributed by atoms with Crippen LogP contribution >= 0.6 is 11.3 Å². The quantitative estimate of drug-likeness (QED) is 0.778. The molecular weight excluding hydrogens is 206 g/mol. The molecule has 1 N–H and O–H groups in total. The Labute approximate surface area is 96.3 Å². The van der Waals surface area contributed by atoms with Gasteiger partial charge in [-0.05, 0) is 19.9 Å². The van der Waals surface area contributed by atoms with Crippen molar-refractivity contribution in [2.24, 2.45) is 0 Å². The van der Waals surface area contributed by atoms with Gasteiger partial charge in [0.15, 0.2) is 0 Å². The molecule has 0 aliphatic rings. The number of rotatable bonds is 7. The summed E-state index contributed by atoms with van der Waals surface area (Å²) in [7, 11) is 1.94. The van der Waals surface area contributed by atoms with Crippen molar-refractivity contribution in [2.75, 3.05) is 7.05 Å². The molecule has 86 valence electrons. The molecule has 1 aromatic rings. The third-order valence-electron chi connectivity index (χ3n) is 2.43. The van der Waals surface area contributed by atoms with E-state index in [9.17, 15) is 0 Å². The molecule has 0 bridgehead atoms. The van der Waals surface area contributed by atoms with E-state index in [2.05, 4.69) is 29.4 Å². The Morgan fingerprint density at radius 2 is 1.87 bits per heavy atom. The summed E-state index contributed by atoms with van der Waals surface area (Å²) in [4.78, 5) is 0. The highest BCUT2D eigenvalue weighted by Crippen LogP contribution is 2.28. The lowest BCUT2D eigenvalue weighted by Crippen LogP contribution is -2.04. The van der Waals surface area contributed by atoms with Crippen molar-refractivity contribution in [1.82, 2.24) is 15.5 Å². The maximum Gasteiger partial charge on any atom is 0.131 e. The summed E-state index contributed by atoms with van der Waals surface area (Å²) < 4.78 is 0. The number of hydrogen-bond donors (Lipinski definition) is 1. The summed E-state index contributed by atoms with van der Waals surface area (Å²) >= 11 is 1.76. The minimum atomic E-state index is 0.628. The molecule has 0 aliphatic carbocycles. The molecule has 0 fully saturated rings. The van der Waals surface area contributed by atoms with E-state index < -0.39 is 0 Å². The molecular formula is C11H21N3S. The Morgan fingerprint density at radius 1 is 1.20 bits per heavy atom. The highest BCUT2D eigenvalue weighted by atomic mass is 32.1. The normalized spacial score (nSPS) is 11.2. The van der Waals surface area contributed by atoms with E-state index in [0.29, 0.717) is 5.92 Å². The Bertz CT molecular complexity index is 267. The van der Waals surface area contributed by atoms with Gasteiger partial charge in [-0.2, -0.15) is 0 Å². The summed E-state index contributed by atoms with van der Waals surface area (Å²) in [6, 6.07) is 0. The first-order chi connectivity index (χ1) is 7.31. The Hall–Kier alpha value is -0.480. The minimum Gasteiger partial charge on any atom is -0.313 e. The Kier molecular flexibility index (Phi) is 5.79. The zero-order valence-corrected chi connectivity index (χ0v) is 10.7. The van der Waals surface area contributed by atoms with Gasteiger partial charge in [0.25, 0.3) is 0 Å². The van der Waals surface area contributed by atoms with Crippen LogP contribution in [0.3, 0.4) is 0 Å². The molecule has 0 unspecified atom stereocenters. The zero-order valence-electron chi connectivity index (χ0n) is 9.92. The fourth-order valence-electron chi connectivity index (χ4n) is 1.74. The Morgan fingerprint density at radius 3 is 2.40 bits per heavy atom. The maximum absolute atomic E-state index is 4.30. The van der Waals surface area contributed by atoms with E-state index in [-0.39, 0.29) is 0 Å². The highest BCUT2D eigenvalue weighted by Gasteiger charge is 2.14. The second-order valence-electron chi connectivity index (χ2n) is 3.84. The minimum absolute atomic E-state index is 0.628. The van der Waals surface area contributed by atoms with Crippen LogP contribution in [0.4, 0.5) is 0 Å². The molecule has 15 heavy (non-hydrogen) atoms. The van der Waals surface area contributed by atoms with Gasteiger partial charge in [0.05, 0.1) is 0 Å². The van der Waals surface area contributed by atoms with Crippen LogP contribution in [0.1, 0.15) is 55.5 Å². The fourth-order valence-corrected chi connectivity index (χ4v) is 2.77. The van der Waals surface area contributed by atoms with Crippen LogP contribution in [-0.2, 0) is 6.54 Å². The third kappa shape index (κ3) is 3.87. The molecule has 4 heteroatoms. The summed E-state index contributed by atoms with van der Waals surface area (Å²) in [6.07, 6.45) is 4.93. The number of nitrogens with one attached hydrogen (secondary N) is 1. The van der Waals surface area contributed by atoms with Gasteiger partial charge in [-0.3, -0.25) is 0 Å². The molecule has 1 heterocycles. The van der Waals surface area contributed by atoms with Gasteiger partial charge < -0.3 is 5.32 Å². The number of aromatic nitrogens is 2. The summed E-state index contributed by atoms with van der Waals surface area (Å²) in [5, 5.41) is 13.9. The first-order valence-electron chi connectivity index (χ1n) is 5.78. The van der Waals surface area contributed by atoms with Crippen molar-refractivity contribution in [3.63, 3.8) is 0 Å². The first kappa shape index (κ1) is 12.6. The van der Waals surface area contributed by atoms with Crippen LogP contribution in [0.2, 0.25) is 0 Å². The van der Waals surface area contributed by atoms with Crippen LogP contribution < -0.4 is 5.32 Å². The molecule has 0 aliphatic heterocycles. The molecule has 0 atom stereocenters. The van der Waals surface area contributed by atoms with Crippen LogP contribution in [0.5, 0.6) is 0 Å². The first-order valence-corrected chi connectivity index (χ1v) is 6.60. The van der Waals surface area contributed by atoms with Crippen molar-refractivity contribution in [3.8, 4) is 0 Å². The van der Waals surface area contributed by atoms with E-state index in [1.165, 1.54) is 30.7 Å². The largest absolute Gasteiger partial charge is 0.313 e. The van der Waals surface area contributed by atoms with Gasteiger partial charge in [-0.1, -0.05) is 38.0 Å². The van der Waals surface area contributed by atoms with Gasteiger partial charge in [0.1, 0.15) is 10.0 Å². The second-order valence-corrected chi connectivity index (χ2v) is 4.93.